The highest BCUT2D eigenvalue weighted by molar-refractivity contribution is 7.15. The summed E-state index contributed by atoms with van der Waals surface area (Å²) in [5, 5.41) is 0. The van der Waals surface area contributed by atoms with Crippen LogP contribution in [-0.4, -0.2) is 31.8 Å². The van der Waals surface area contributed by atoms with Gasteiger partial charge in [-0.25, -0.2) is 9.59 Å². The van der Waals surface area contributed by atoms with Crippen LogP contribution in [0.1, 0.15) is 54.2 Å². The lowest BCUT2D eigenvalue weighted by molar-refractivity contribution is -0.140. The van der Waals surface area contributed by atoms with E-state index < -0.39 is 0 Å². The SMILES string of the molecule is C=C(C)C(=O)OCC.C=C(C)C(=O)OCC1CC2C3CCC(C3)C2C1.[2H]CP. The summed E-state index contributed by atoms with van der Waals surface area (Å²) in [6.07, 6.45) is 7.02. The van der Waals surface area contributed by atoms with E-state index >= 15 is 0 Å². The van der Waals surface area contributed by atoms with Crippen LogP contribution in [-0.2, 0) is 19.1 Å². The maximum absolute atomic E-state index is 11.4. The smallest absolute Gasteiger partial charge is 0.333 e. The molecule has 4 nitrogen and oxygen atoms in total. The Morgan fingerprint density at radius 3 is 1.81 bits per heavy atom. The van der Waals surface area contributed by atoms with Crippen molar-refractivity contribution < 1.29 is 20.4 Å². The molecule has 0 spiro atoms. The Morgan fingerprint density at radius 1 is 1.00 bits per heavy atom. The Hall–Kier alpha value is -1.15. The maximum Gasteiger partial charge on any atom is 0.333 e. The lowest BCUT2D eigenvalue weighted by Crippen LogP contribution is -2.15. The van der Waals surface area contributed by atoms with Gasteiger partial charge in [0.05, 0.1) is 13.2 Å². The minimum atomic E-state index is -0.312. The molecule has 0 heterocycles. The second kappa shape index (κ2) is 11.6. The minimum absolute atomic E-state index is 0.218. The third-order valence-corrected chi connectivity index (χ3v) is 5.91. The topological polar surface area (TPSA) is 52.6 Å². The van der Waals surface area contributed by atoms with Crippen LogP contribution in [0.15, 0.2) is 24.3 Å². The average Bonchev–Trinajstić information content (AvgIpc) is 3.34. The summed E-state index contributed by atoms with van der Waals surface area (Å²) in [4.78, 5) is 21.8. The van der Waals surface area contributed by atoms with Gasteiger partial charge in [-0.2, -0.15) is 0 Å². The zero-order valence-corrected chi connectivity index (χ0v) is 18.3. The molecular formula is C22H37O4P. The van der Waals surface area contributed by atoms with Crippen molar-refractivity contribution in [3.63, 3.8) is 0 Å². The van der Waals surface area contributed by atoms with E-state index in [4.69, 9.17) is 6.11 Å². The average molecular weight is 398 g/mol. The summed E-state index contributed by atoms with van der Waals surface area (Å²) < 4.78 is 16.0. The fourth-order valence-corrected chi connectivity index (χ4v) is 4.84. The molecule has 2 bridgehead atoms. The fourth-order valence-electron chi connectivity index (χ4n) is 4.84. The largest absolute Gasteiger partial charge is 0.463 e. The van der Waals surface area contributed by atoms with Gasteiger partial charge in [0.2, 0.25) is 0 Å². The summed E-state index contributed by atoms with van der Waals surface area (Å²) in [5.41, 5.74) is 0.968. The number of esters is 2. The lowest BCUT2D eigenvalue weighted by atomic mass is 9.82. The molecule has 154 valence electrons. The van der Waals surface area contributed by atoms with Gasteiger partial charge >= 0.3 is 11.9 Å². The van der Waals surface area contributed by atoms with Crippen LogP contribution in [0.5, 0.6) is 0 Å². The summed E-state index contributed by atoms with van der Waals surface area (Å²) in [6, 6.07) is 0. The molecule has 3 rings (SSSR count). The molecule has 3 aliphatic carbocycles. The molecular weight excluding hydrogens is 359 g/mol. The standard InChI is InChI=1S/C15H22O2.C6H10O2.CH5P/c1-9(2)15(16)17-8-10-5-13-11-3-4-12(7-11)14(13)6-10;1-4-8-6(7)5(2)3;1-2/h10-14H,1,3-8H2,2H3;2,4H2,1,3H3;2H2,1H3/i;;1D. The highest BCUT2D eigenvalue weighted by atomic mass is 31.0. The van der Waals surface area contributed by atoms with E-state index in [2.05, 4.69) is 27.1 Å². The molecule has 0 aromatic carbocycles. The lowest BCUT2D eigenvalue weighted by Gasteiger charge is -2.23. The fraction of sp³-hybridized carbons (Fsp3) is 0.727. The van der Waals surface area contributed by atoms with Gasteiger partial charge in [-0.3, -0.25) is 0 Å². The van der Waals surface area contributed by atoms with Crippen LogP contribution in [0.2, 0.25) is 0 Å². The number of hydrogen-bond acceptors (Lipinski definition) is 4. The van der Waals surface area contributed by atoms with Gasteiger partial charge in [0, 0.05) is 12.5 Å². The molecule has 5 unspecified atom stereocenters. The van der Waals surface area contributed by atoms with Crippen molar-refractivity contribution in [2.45, 2.75) is 52.9 Å². The third kappa shape index (κ3) is 6.75. The van der Waals surface area contributed by atoms with E-state index in [0.29, 0.717) is 36.9 Å². The third-order valence-electron chi connectivity index (χ3n) is 5.91. The number of carbonyl (C=O) groups excluding carboxylic acids is 2. The van der Waals surface area contributed by atoms with E-state index in [1.54, 1.807) is 20.8 Å². The highest BCUT2D eigenvalue weighted by Gasteiger charge is 2.51. The van der Waals surface area contributed by atoms with Crippen LogP contribution in [0.4, 0.5) is 0 Å². The second-order valence-corrected chi connectivity index (χ2v) is 7.88. The second-order valence-electron chi connectivity index (χ2n) is 7.88. The zero-order valence-electron chi connectivity index (χ0n) is 18.2. The van der Waals surface area contributed by atoms with Crippen LogP contribution >= 0.6 is 9.24 Å². The normalized spacial score (nSPS) is 29.9. The molecule has 5 heteroatoms. The summed E-state index contributed by atoms with van der Waals surface area (Å²) in [6.45, 7) is 13.6. The van der Waals surface area contributed by atoms with Crippen LogP contribution in [0.3, 0.4) is 0 Å². The first-order valence-electron chi connectivity index (χ1n) is 10.6. The molecule has 0 amide bonds. The zero-order chi connectivity index (χ0) is 21.3. The van der Waals surface area contributed by atoms with Gasteiger partial charge in [-0.1, -0.05) is 19.8 Å². The van der Waals surface area contributed by atoms with E-state index in [-0.39, 0.29) is 11.9 Å². The number of hydrogen-bond donors (Lipinski definition) is 0. The molecule has 0 radical (unpaired) electrons. The van der Waals surface area contributed by atoms with Crippen molar-refractivity contribution in [3.05, 3.63) is 24.3 Å². The Kier molecular flexibility index (Phi) is 9.54. The molecule has 0 N–H and O–H groups in total. The Labute approximate surface area is 168 Å². The number of rotatable bonds is 5. The van der Waals surface area contributed by atoms with Crippen LogP contribution in [0, 0.1) is 29.6 Å². The molecule has 0 aliphatic heterocycles. The van der Waals surface area contributed by atoms with Crippen molar-refractivity contribution in [2.24, 2.45) is 29.6 Å². The Balaban J connectivity index is 0.000000302. The first-order chi connectivity index (χ1) is 13.2. The van der Waals surface area contributed by atoms with Crippen molar-refractivity contribution in [1.29, 1.82) is 0 Å². The van der Waals surface area contributed by atoms with Crippen molar-refractivity contribution in [3.8, 4) is 0 Å². The maximum atomic E-state index is 11.4. The highest BCUT2D eigenvalue weighted by Crippen LogP contribution is 2.60. The molecule has 3 saturated carbocycles. The summed E-state index contributed by atoms with van der Waals surface area (Å²) in [5.74, 6) is 4.03. The Morgan fingerprint density at radius 2 is 1.44 bits per heavy atom. The van der Waals surface area contributed by atoms with Crippen molar-refractivity contribution in [1.82, 2.24) is 0 Å². The van der Waals surface area contributed by atoms with E-state index in [0.717, 1.165) is 23.7 Å². The van der Waals surface area contributed by atoms with Crippen molar-refractivity contribution >= 4 is 21.2 Å². The van der Waals surface area contributed by atoms with Crippen LogP contribution < -0.4 is 0 Å². The number of fused-ring (bicyclic) bond motifs is 5. The van der Waals surface area contributed by atoms with Gasteiger partial charge in [0.1, 0.15) is 0 Å². The van der Waals surface area contributed by atoms with Crippen LogP contribution in [0.25, 0.3) is 0 Å². The molecule has 0 aromatic heterocycles. The molecule has 3 fully saturated rings. The molecule has 0 saturated heterocycles. The predicted molar refractivity (Wildman–Crippen MR) is 113 cm³/mol. The number of carbonyl (C=O) groups is 2. The first kappa shape index (κ1) is 22.1. The van der Waals surface area contributed by atoms with Crippen molar-refractivity contribution in [2.75, 3.05) is 19.9 Å². The quantitative estimate of drug-likeness (QED) is 0.380. The molecule has 27 heavy (non-hydrogen) atoms. The monoisotopic (exact) mass is 397 g/mol. The molecule has 3 aliphatic rings. The minimum Gasteiger partial charge on any atom is -0.463 e. The van der Waals surface area contributed by atoms with E-state index in [1.165, 1.54) is 32.1 Å². The van der Waals surface area contributed by atoms with Gasteiger partial charge in [0.25, 0.3) is 0 Å². The Bertz CT molecular complexity index is 545. The summed E-state index contributed by atoms with van der Waals surface area (Å²) >= 11 is 0. The summed E-state index contributed by atoms with van der Waals surface area (Å²) in [7, 11) is 2.25. The van der Waals surface area contributed by atoms with E-state index in [9.17, 15) is 9.59 Å². The molecule has 5 atom stereocenters. The van der Waals surface area contributed by atoms with Gasteiger partial charge in [-0.05, 0) is 82.5 Å². The van der Waals surface area contributed by atoms with Gasteiger partial charge in [-0.15, -0.1) is 9.24 Å². The predicted octanol–water partition coefficient (Wildman–Crippen LogP) is 4.79. The van der Waals surface area contributed by atoms with Gasteiger partial charge in [0.15, 0.2) is 0 Å². The van der Waals surface area contributed by atoms with Gasteiger partial charge < -0.3 is 9.47 Å². The number of ether oxygens (including phenoxy) is 2. The molecule has 0 aromatic rings. The first-order valence-corrected chi connectivity index (χ1v) is 10.7. The van der Waals surface area contributed by atoms with E-state index in [1.807, 2.05) is 0 Å².